The second-order valence-corrected chi connectivity index (χ2v) is 4.65. The van der Waals surface area contributed by atoms with E-state index in [1.807, 2.05) is 6.07 Å². The lowest BCUT2D eigenvalue weighted by atomic mass is 10.1. The Hall–Kier alpha value is -1.93. The summed E-state index contributed by atoms with van der Waals surface area (Å²) in [5, 5.41) is 8.65. The topological polar surface area (TPSA) is 45.8 Å². The lowest BCUT2D eigenvalue weighted by Crippen LogP contribution is -2.19. The fourth-order valence-corrected chi connectivity index (χ4v) is 1.93. The van der Waals surface area contributed by atoms with Crippen LogP contribution in [0.2, 0.25) is 0 Å². The molecule has 1 aromatic carbocycles. The fraction of sp³-hybridized carbons (Fsp3) is 0.0769. The van der Waals surface area contributed by atoms with E-state index < -0.39 is 5.82 Å². The van der Waals surface area contributed by atoms with Crippen LogP contribution < -0.4 is 5.56 Å². The largest absolute Gasteiger partial charge is 0.310 e. The Morgan fingerprint density at radius 3 is 2.78 bits per heavy atom. The maximum absolute atomic E-state index is 13.7. The molecule has 0 amide bonds. The SMILES string of the molecule is N#Cc1ccc(Cn2cc(Br)ccc2=O)c(F)c1. The summed E-state index contributed by atoms with van der Waals surface area (Å²) in [7, 11) is 0. The highest BCUT2D eigenvalue weighted by Gasteiger charge is 2.05. The van der Waals surface area contributed by atoms with Gasteiger partial charge in [0.25, 0.3) is 5.56 Å². The van der Waals surface area contributed by atoms with Crippen molar-refractivity contribution in [3.63, 3.8) is 0 Å². The van der Waals surface area contributed by atoms with Crippen LogP contribution in [-0.2, 0) is 6.54 Å². The van der Waals surface area contributed by atoms with E-state index in [9.17, 15) is 9.18 Å². The molecule has 0 saturated carbocycles. The zero-order chi connectivity index (χ0) is 13.1. The van der Waals surface area contributed by atoms with Crippen LogP contribution in [0, 0.1) is 17.1 Å². The summed E-state index contributed by atoms with van der Waals surface area (Å²) >= 11 is 3.25. The van der Waals surface area contributed by atoms with Gasteiger partial charge in [-0.05, 0) is 34.1 Å². The van der Waals surface area contributed by atoms with Crippen LogP contribution in [0.5, 0.6) is 0 Å². The molecular weight excluding hydrogens is 299 g/mol. The van der Waals surface area contributed by atoms with E-state index in [0.717, 1.165) is 4.47 Å². The maximum atomic E-state index is 13.7. The first-order valence-electron chi connectivity index (χ1n) is 5.14. The van der Waals surface area contributed by atoms with E-state index in [-0.39, 0.29) is 17.7 Å². The van der Waals surface area contributed by atoms with Crippen molar-refractivity contribution in [1.29, 1.82) is 5.26 Å². The van der Waals surface area contributed by atoms with Crippen molar-refractivity contribution in [2.45, 2.75) is 6.54 Å². The first-order valence-corrected chi connectivity index (χ1v) is 5.94. The van der Waals surface area contributed by atoms with Crippen molar-refractivity contribution in [3.05, 3.63) is 68.3 Å². The van der Waals surface area contributed by atoms with E-state index in [4.69, 9.17) is 5.26 Å². The molecule has 3 nitrogen and oxygen atoms in total. The number of benzene rings is 1. The Morgan fingerprint density at radius 2 is 2.11 bits per heavy atom. The summed E-state index contributed by atoms with van der Waals surface area (Å²) in [6.45, 7) is 0.135. The molecule has 2 aromatic rings. The number of nitrogens with zero attached hydrogens (tertiary/aromatic N) is 2. The molecule has 0 aliphatic heterocycles. The average Bonchev–Trinajstić information content (AvgIpc) is 2.36. The molecule has 0 aliphatic carbocycles. The van der Waals surface area contributed by atoms with Crippen LogP contribution in [0.15, 0.2) is 45.8 Å². The molecule has 2 rings (SSSR count). The van der Waals surface area contributed by atoms with Gasteiger partial charge in [0.15, 0.2) is 0 Å². The molecule has 0 spiro atoms. The number of rotatable bonds is 2. The predicted molar refractivity (Wildman–Crippen MR) is 68.6 cm³/mol. The van der Waals surface area contributed by atoms with E-state index in [1.54, 1.807) is 12.3 Å². The fourth-order valence-electron chi connectivity index (χ4n) is 1.55. The van der Waals surface area contributed by atoms with Gasteiger partial charge in [-0.3, -0.25) is 4.79 Å². The molecule has 0 radical (unpaired) electrons. The first kappa shape index (κ1) is 12.5. The summed E-state index contributed by atoms with van der Waals surface area (Å²) < 4.78 is 15.8. The normalized spacial score (nSPS) is 10.1. The van der Waals surface area contributed by atoms with Crippen LogP contribution in [0.25, 0.3) is 0 Å². The van der Waals surface area contributed by atoms with Crippen molar-refractivity contribution < 1.29 is 4.39 Å². The Kier molecular flexibility index (Phi) is 3.58. The number of halogens is 2. The minimum absolute atomic E-state index is 0.135. The van der Waals surface area contributed by atoms with Gasteiger partial charge < -0.3 is 4.57 Å². The zero-order valence-corrected chi connectivity index (χ0v) is 10.8. The summed E-state index contributed by atoms with van der Waals surface area (Å²) in [4.78, 5) is 11.6. The predicted octanol–water partition coefficient (Wildman–Crippen LogP) is 2.67. The molecule has 0 atom stereocenters. The molecule has 1 heterocycles. The van der Waals surface area contributed by atoms with E-state index in [0.29, 0.717) is 5.56 Å². The highest BCUT2D eigenvalue weighted by Crippen LogP contribution is 2.12. The Morgan fingerprint density at radius 1 is 1.33 bits per heavy atom. The second-order valence-electron chi connectivity index (χ2n) is 3.73. The van der Waals surface area contributed by atoms with Gasteiger partial charge >= 0.3 is 0 Å². The third kappa shape index (κ3) is 2.66. The lowest BCUT2D eigenvalue weighted by Gasteiger charge is -2.07. The van der Waals surface area contributed by atoms with E-state index in [2.05, 4.69) is 15.9 Å². The molecule has 0 aliphatic rings. The molecule has 0 saturated heterocycles. The Bertz CT molecular complexity index is 688. The summed E-state index contributed by atoms with van der Waals surface area (Å²) in [6, 6.07) is 9.11. The van der Waals surface area contributed by atoms with Gasteiger partial charge in [0.1, 0.15) is 5.82 Å². The van der Waals surface area contributed by atoms with Gasteiger partial charge in [-0.15, -0.1) is 0 Å². The van der Waals surface area contributed by atoms with Crippen molar-refractivity contribution in [2.24, 2.45) is 0 Å². The molecule has 90 valence electrons. The Balaban J connectivity index is 2.38. The lowest BCUT2D eigenvalue weighted by molar-refractivity contribution is 0.595. The van der Waals surface area contributed by atoms with Crippen LogP contribution in [-0.4, -0.2) is 4.57 Å². The number of nitriles is 1. The maximum Gasteiger partial charge on any atom is 0.250 e. The van der Waals surface area contributed by atoms with Gasteiger partial charge in [-0.2, -0.15) is 5.26 Å². The summed E-state index contributed by atoms with van der Waals surface area (Å²) in [5.41, 5.74) is 0.425. The Labute approximate surface area is 111 Å². The third-order valence-electron chi connectivity index (χ3n) is 2.47. The van der Waals surface area contributed by atoms with Gasteiger partial charge in [0.05, 0.1) is 18.2 Å². The minimum Gasteiger partial charge on any atom is -0.310 e. The van der Waals surface area contributed by atoms with Gasteiger partial charge in [-0.25, -0.2) is 4.39 Å². The standard InChI is InChI=1S/C13H8BrFN2O/c14-11-3-4-13(18)17(8-11)7-10-2-1-9(6-16)5-12(10)15/h1-5,8H,7H2. The van der Waals surface area contributed by atoms with Crippen LogP contribution in [0.4, 0.5) is 4.39 Å². The number of hydrogen-bond acceptors (Lipinski definition) is 2. The molecule has 18 heavy (non-hydrogen) atoms. The average molecular weight is 307 g/mol. The zero-order valence-electron chi connectivity index (χ0n) is 9.23. The smallest absolute Gasteiger partial charge is 0.250 e. The monoisotopic (exact) mass is 306 g/mol. The molecule has 0 unspecified atom stereocenters. The third-order valence-corrected chi connectivity index (χ3v) is 2.94. The number of hydrogen-bond donors (Lipinski definition) is 0. The van der Waals surface area contributed by atoms with Gasteiger partial charge in [0, 0.05) is 22.3 Å². The highest BCUT2D eigenvalue weighted by atomic mass is 79.9. The molecule has 1 aromatic heterocycles. The quantitative estimate of drug-likeness (QED) is 0.856. The minimum atomic E-state index is -0.485. The summed E-state index contributed by atoms with van der Waals surface area (Å²) in [5.74, 6) is -0.485. The highest BCUT2D eigenvalue weighted by molar-refractivity contribution is 9.10. The number of aromatic nitrogens is 1. The van der Waals surface area contributed by atoms with Gasteiger partial charge in [-0.1, -0.05) is 6.07 Å². The van der Waals surface area contributed by atoms with Crippen molar-refractivity contribution >= 4 is 15.9 Å². The van der Waals surface area contributed by atoms with Crippen molar-refractivity contribution in [2.75, 3.05) is 0 Å². The van der Waals surface area contributed by atoms with Crippen LogP contribution >= 0.6 is 15.9 Å². The van der Waals surface area contributed by atoms with E-state index in [1.165, 1.54) is 28.8 Å². The molecule has 5 heteroatoms. The summed E-state index contributed by atoms with van der Waals surface area (Å²) in [6.07, 6.45) is 1.60. The molecule has 0 N–H and O–H groups in total. The van der Waals surface area contributed by atoms with Crippen molar-refractivity contribution in [3.8, 4) is 6.07 Å². The first-order chi connectivity index (χ1) is 8.60. The molecule has 0 bridgehead atoms. The van der Waals surface area contributed by atoms with E-state index >= 15 is 0 Å². The van der Waals surface area contributed by atoms with Crippen molar-refractivity contribution in [1.82, 2.24) is 4.57 Å². The second kappa shape index (κ2) is 5.15. The number of pyridine rings is 1. The van der Waals surface area contributed by atoms with Crippen LogP contribution in [0.3, 0.4) is 0 Å². The van der Waals surface area contributed by atoms with Crippen LogP contribution in [0.1, 0.15) is 11.1 Å². The van der Waals surface area contributed by atoms with Gasteiger partial charge in [0.2, 0.25) is 0 Å². The molecular formula is C13H8BrFN2O. The molecule has 0 fully saturated rings.